The number of aliphatic carboxylic acids is 1. The Morgan fingerprint density at radius 1 is 1.59 bits per heavy atom. The number of furan rings is 1. The SMILES string of the molecule is CSCCC(NC(=O)Nc1ccco1)C(=O)O. The van der Waals surface area contributed by atoms with Crippen LogP contribution in [0.3, 0.4) is 0 Å². The summed E-state index contributed by atoms with van der Waals surface area (Å²) in [5.41, 5.74) is 0. The minimum absolute atomic E-state index is 0.275. The first-order valence-corrected chi connectivity index (χ1v) is 6.35. The molecule has 6 nitrogen and oxygen atoms in total. The van der Waals surface area contributed by atoms with E-state index in [4.69, 9.17) is 9.52 Å². The predicted octanol–water partition coefficient (Wildman–Crippen LogP) is 1.61. The van der Waals surface area contributed by atoms with Gasteiger partial charge in [0.1, 0.15) is 6.04 Å². The largest absolute Gasteiger partial charge is 0.480 e. The van der Waals surface area contributed by atoms with Gasteiger partial charge in [-0.2, -0.15) is 11.8 Å². The lowest BCUT2D eigenvalue weighted by atomic mass is 10.2. The molecule has 1 aromatic heterocycles. The number of carbonyl (C=O) groups is 2. The second-order valence-electron chi connectivity index (χ2n) is 3.25. The van der Waals surface area contributed by atoms with Gasteiger partial charge in [-0.1, -0.05) is 0 Å². The molecule has 1 heterocycles. The van der Waals surface area contributed by atoms with E-state index < -0.39 is 18.0 Å². The van der Waals surface area contributed by atoms with Crippen molar-refractivity contribution >= 4 is 29.6 Å². The molecule has 3 N–H and O–H groups in total. The summed E-state index contributed by atoms with van der Waals surface area (Å²) in [6.45, 7) is 0. The fraction of sp³-hybridized carbons (Fsp3) is 0.400. The fourth-order valence-corrected chi connectivity index (χ4v) is 1.62. The number of carboxylic acids is 1. The van der Waals surface area contributed by atoms with Crippen molar-refractivity contribution in [2.75, 3.05) is 17.3 Å². The third-order valence-electron chi connectivity index (χ3n) is 1.97. The highest BCUT2D eigenvalue weighted by molar-refractivity contribution is 7.98. The molecule has 0 bridgehead atoms. The zero-order valence-corrected chi connectivity index (χ0v) is 10.1. The summed E-state index contributed by atoms with van der Waals surface area (Å²) in [6.07, 6.45) is 3.67. The first-order valence-electron chi connectivity index (χ1n) is 4.96. The molecule has 0 saturated carbocycles. The summed E-state index contributed by atoms with van der Waals surface area (Å²) < 4.78 is 4.90. The van der Waals surface area contributed by atoms with Crippen LogP contribution >= 0.6 is 11.8 Å². The maximum atomic E-state index is 11.4. The van der Waals surface area contributed by atoms with Gasteiger partial charge < -0.3 is 14.8 Å². The lowest BCUT2D eigenvalue weighted by Crippen LogP contribution is -2.43. The number of hydrogen-bond donors (Lipinski definition) is 3. The minimum Gasteiger partial charge on any atom is -0.480 e. The van der Waals surface area contributed by atoms with Gasteiger partial charge in [0.25, 0.3) is 0 Å². The summed E-state index contributed by atoms with van der Waals surface area (Å²) in [6, 6.07) is 1.71. The fourth-order valence-electron chi connectivity index (χ4n) is 1.15. The van der Waals surface area contributed by atoms with Crippen LogP contribution in [0.5, 0.6) is 0 Å². The molecule has 7 heteroatoms. The van der Waals surface area contributed by atoms with Gasteiger partial charge in [0.05, 0.1) is 6.26 Å². The van der Waals surface area contributed by atoms with Gasteiger partial charge in [-0.15, -0.1) is 0 Å². The Labute approximate surface area is 103 Å². The molecule has 1 rings (SSSR count). The Hall–Kier alpha value is -1.63. The number of anilines is 1. The van der Waals surface area contributed by atoms with Crippen LogP contribution in [0, 0.1) is 0 Å². The van der Waals surface area contributed by atoms with E-state index in [1.54, 1.807) is 12.1 Å². The van der Waals surface area contributed by atoms with E-state index in [1.807, 2.05) is 6.26 Å². The molecule has 2 amide bonds. The zero-order chi connectivity index (χ0) is 12.7. The minimum atomic E-state index is -1.05. The van der Waals surface area contributed by atoms with Crippen molar-refractivity contribution in [2.45, 2.75) is 12.5 Å². The molecule has 0 saturated heterocycles. The normalized spacial score (nSPS) is 11.8. The monoisotopic (exact) mass is 258 g/mol. The summed E-state index contributed by atoms with van der Waals surface area (Å²) in [5, 5.41) is 13.7. The average molecular weight is 258 g/mol. The first-order chi connectivity index (χ1) is 8.13. The lowest BCUT2D eigenvalue weighted by molar-refractivity contribution is -0.139. The van der Waals surface area contributed by atoms with Crippen molar-refractivity contribution in [3.05, 3.63) is 18.4 Å². The maximum Gasteiger partial charge on any atom is 0.326 e. The lowest BCUT2D eigenvalue weighted by Gasteiger charge is -2.13. The third-order valence-corrected chi connectivity index (χ3v) is 2.62. The molecule has 0 radical (unpaired) electrons. The van der Waals surface area contributed by atoms with Crippen molar-refractivity contribution in [1.82, 2.24) is 5.32 Å². The molecule has 1 aromatic rings. The second kappa shape index (κ2) is 6.85. The molecule has 1 atom stereocenters. The summed E-state index contributed by atoms with van der Waals surface area (Å²) in [7, 11) is 0. The quantitative estimate of drug-likeness (QED) is 0.721. The van der Waals surface area contributed by atoms with Gasteiger partial charge in [0.15, 0.2) is 0 Å². The Bertz CT molecular complexity index is 366. The van der Waals surface area contributed by atoms with E-state index in [-0.39, 0.29) is 5.88 Å². The number of nitrogens with one attached hydrogen (secondary N) is 2. The molecule has 1 unspecified atom stereocenters. The van der Waals surface area contributed by atoms with Crippen LogP contribution in [0.25, 0.3) is 0 Å². The summed E-state index contributed by atoms with van der Waals surface area (Å²) in [4.78, 5) is 22.3. The highest BCUT2D eigenvalue weighted by Gasteiger charge is 2.19. The maximum absolute atomic E-state index is 11.4. The molecule has 17 heavy (non-hydrogen) atoms. The van der Waals surface area contributed by atoms with Crippen molar-refractivity contribution < 1.29 is 19.1 Å². The van der Waals surface area contributed by atoms with Crippen molar-refractivity contribution in [3.63, 3.8) is 0 Å². The highest BCUT2D eigenvalue weighted by atomic mass is 32.2. The molecular weight excluding hydrogens is 244 g/mol. The molecule has 94 valence electrons. The highest BCUT2D eigenvalue weighted by Crippen LogP contribution is 2.06. The topological polar surface area (TPSA) is 91.6 Å². The van der Waals surface area contributed by atoms with E-state index in [2.05, 4.69) is 10.6 Å². The zero-order valence-electron chi connectivity index (χ0n) is 9.30. The van der Waals surface area contributed by atoms with Gasteiger partial charge in [-0.05, 0) is 24.5 Å². The van der Waals surface area contributed by atoms with Crippen molar-refractivity contribution in [1.29, 1.82) is 0 Å². The Morgan fingerprint density at radius 2 is 2.35 bits per heavy atom. The van der Waals surface area contributed by atoms with Gasteiger partial charge in [-0.25, -0.2) is 9.59 Å². The standard InChI is InChI=1S/C10H14N2O4S/c1-17-6-4-7(9(13)14)11-10(15)12-8-3-2-5-16-8/h2-3,5,7H,4,6H2,1H3,(H,13,14)(H2,11,12,15). The van der Waals surface area contributed by atoms with Crippen LogP contribution in [0.1, 0.15) is 6.42 Å². The van der Waals surface area contributed by atoms with Crippen molar-refractivity contribution in [3.8, 4) is 0 Å². The number of carbonyl (C=O) groups excluding carboxylic acids is 1. The van der Waals surface area contributed by atoms with Gasteiger partial charge >= 0.3 is 12.0 Å². The van der Waals surface area contributed by atoms with Gasteiger partial charge in [0.2, 0.25) is 5.88 Å². The number of hydrogen-bond acceptors (Lipinski definition) is 4. The van der Waals surface area contributed by atoms with E-state index >= 15 is 0 Å². The number of amides is 2. The second-order valence-corrected chi connectivity index (χ2v) is 4.23. The number of thioether (sulfide) groups is 1. The molecule has 0 aliphatic heterocycles. The van der Waals surface area contributed by atoms with Gasteiger partial charge in [-0.3, -0.25) is 5.32 Å². The molecular formula is C10H14N2O4S. The smallest absolute Gasteiger partial charge is 0.326 e. The van der Waals surface area contributed by atoms with Gasteiger partial charge in [0, 0.05) is 6.07 Å². The van der Waals surface area contributed by atoms with E-state index in [0.29, 0.717) is 12.2 Å². The van der Waals surface area contributed by atoms with Crippen LogP contribution in [0.4, 0.5) is 10.7 Å². The molecule has 0 aromatic carbocycles. The van der Waals surface area contributed by atoms with E-state index in [9.17, 15) is 9.59 Å². The van der Waals surface area contributed by atoms with Crippen LogP contribution in [-0.4, -0.2) is 35.2 Å². The van der Waals surface area contributed by atoms with E-state index in [0.717, 1.165) is 0 Å². The third kappa shape index (κ3) is 4.81. The molecule has 0 aliphatic carbocycles. The first kappa shape index (κ1) is 13.4. The van der Waals surface area contributed by atoms with E-state index in [1.165, 1.54) is 18.0 Å². The predicted molar refractivity (Wildman–Crippen MR) is 65.3 cm³/mol. The average Bonchev–Trinajstić information content (AvgIpc) is 2.76. The number of urea groups is 1. The molecule has 0 aliphatic rings. The Morgan fingerprint density at radius 3 is 2.88 bits per heavy atom. The molecule has 0 fully saturated rings. The van der Waals surface area contributed by atoms with Crippen LogP contribution < -0.4 is 10.6 Å². The number of rotatable bonds is 6. The van der Waals surface area contributed by atoms with Crippen LogP contribution in [0.15, 0.2) is 22.8 Å². The van der Waals surface area contributed by atoms with Crippen LogP contribution in [0.2, 0.25) is 0 Å². The van der Waals surface area contributed by atoms with Crippen LogP contribution in [-0.2, 0) is 4.79 Å². The molecule has 0 spiro atoms. The Kier molecular flexibility index (Phi) is 5.41. The van der Waals surface area contributed by atoms with Crippen molar-refractivity contribution in [2.24, 2.45) is 0 Å². The summed E-state index contributed by atoms with van der Waals surface area (Å²) in [5.74, 6) is -0.108. The Balaban J connectivity index is 2.43. The number of carboxylic acid groups (broad SMARTS) is 1. The summed E-state index contributed by atoms with van der Waals surface area (Å²) >= 11 is 1.53.